The number of carbonyl (C=O) groups excluding carboxylic acids is 2. The van der Waals surface area contributed by atoms with Crippen molar-refractivity contribution in [3.05, 3.63) is 70.3 Å². The van der Waals surface area contributed by atoms with E-state index in [2.05, 4.69) is 34.4 Å². The lowest BCUT2D eigenvalue weighted by Gasteiger charge is -2.08. The van der Waals surface area contributed by atoms with Gasteiger partial charge in [0.05, 0.1) is 48.2 Å². The number of carbonyl (C=O) groups is 2. The second kappa shape index (κ2) is 22.9. The van der Waals surface area contributed by atoms with E-state index in [0.29, 0.717) is 17.1 Å². The van der Waals surface area contributed by atoms with Gasteiger partial charge in [-0.15, -0.1) is 6.42 Å². The third-order valence-electron chi connectivity index (χ3n) is 4.95. The number of hydrogen-bond acceptors (Lipinski definition) is 8. The largest absolute Gasteiger partial charge is 0.497 e. The van der Waals surface area contributed by atoms with E-state index in [1.165, 1.54) is 28.4 Å². The van der Waals surface area contributed by atoms with E-state index >= 15 is 0 Å². The van der Waals surface area contributed by atoms with Crippen molar-refractivity contribution in [3.8, 4) is 46.8 Å². The Morgan fingerprint density at radius 3 is 1.20 bits per heavy atom. The van der Waals surface area contributed by atoms with Crippen LogP contribution < -0.4 is 28.4 Å². The Morgan fingerprint density at radius 1 is 0.614 bits per heavy atom. The van der Waals surface area contributed by atoms with Crippen molar-refractivity contribution in [2.45, 2.75) is 0 Å². The van der Waals surface area contributed by atoms with Crippen molar-refractivity contribution in [1.82, 2.24) is 0 Å². The SMILES string of the molecule is C#Cc1c(F)c(OC)cc(OC)c1F.COc1cc(C=O)cc(OC)c1.COc1cc(OC)c(F)c(C=O)c1F.[B][BH3-].[B][B]. The van der Waals surface area contributed by atoms with E-state index in [1.807, 2.05) is 5.92 Å². The molecule has 0 amide bonds. The minimum Gasteiger partial charge on any atom is -0.497 e. The van der Waals surface area contributed by atoms with Crippen LogP contribution in [0.25, 0.3) is 0 Å². The quantitative estimate of drug-likeness (QED) is 0.166. The number of benzene rings is 3. The van der Waals surface area contributed by atoms with E-state index in [1.54, 1.807) is 32.4 Å². The molecule has 0 bridgehead atoms. The first kappa shape index (κ1) is 41.5. The molecule has 0 unspecified atom stereocenters. The lowest BCUT2D eigenvalue weighted by molar-refractivity contribution is 0.111. The first-order chi connectivity index (χ1) is 21.1. The highest BCUT2D eigenvalue weighted by Crippen LogP contribution is 2.31. The molecule has 230 valence electrons. The Balaban J connectivity index is 0. The monoisotopic (exact) mass is 613 g/mol. The predicted octanol–water partition coefficient (Wildman–Crippen LogP) is 2.95. The zero-order valence-electron chi connectivity index (χ0n) is 24.1. The third kappa shape index (κ3) is 11.5. The zero-order valence-corrected chi connectivity index (χ0v) is 24.1. The predicted molar refractivity (Wildman–Crippen MR) is 164 cm³/mol. The van der Waals surface area contributed by atoms with Crippen LogP contribution in [0, 0.1) is 35.6 Å². The van der Waals surface area contributed by atoms with Crippen LogP contribution in [0.5, 0.6) is 34.5 Å². The molecule has 3 rings (SSSR count). The van der Waals surface area contributed by atoms with Crippen molar-refractivity contribution < 1.29 is 55.6 Å². The highest BCUT2D eigenvalue weighted by atomic mass is 19.1. The van der Waals surface area contributed by atoms with Crippen molar-refractivity contribution in [2.75, 3.05) is 42.7 Å². The summed E-state index contributed by atoms with van der Waals surface area (Å²) in [6.07, 6.45) is 5.79. The standard InChI is InChI=1S/C10H8F2O2.C9H8F2O3.C9H10O3.B2H3.B2/c1-4-6-9(11)7(13-2)5-8(14-3)10(6)12;1-13-6-3-7(14-2)9(11)5(4-12)8(6)10;1-11-8-3-7(6-10)4-9(5-8)12-2;2*1-2/h1,5H,2-3H3;3-4H,1-2H3;3-6H,1-2H3;1H3;/q;;;-1;. The lowest BCUT2D eigenvalue weighted by Crippen LogP contribution is -2.01. The van der Waals surface area contributed by atoms with Crippen LogP contribution in [-0.2, 0) is 0 Å². The fourth-order valence-corrected chi connectivity index (χ4v) is 2.92. The van der Waals surface area contributed by atoms with E-state index in [-0.39, 0.29) is 37.0 Å². The van der Waals surface area contributed by atoms with Gasteiger partial charge in [-0.05, 0) is 12.1 Å². The van der Waals surface area contributed by atoms with Gasteiger partial charge in [-0.3, -0.25) is 9.59 Å². The van der Waals surface area contributed by atoms with E-state index < -0.39 is 34.4 Å². The molecule has 0 aliphatic rings. The smallest absolute Gasteiger partial charge is 0.183 e. The van der Waals surface area contributed by atoms with Gasteiger partial charge in [0.2, 0.25) is 0 Å². The first-order valence-corrected chi connectivity index (χ1v) is 11.2. The molecule has 0 saturated heterocycles. The van der Waals surface area contributed by atoms with E-state index in [9.17, 15) is 27.2 Å². The summed E-state index contributed by atoms with van der Waals surface area (Å²) in [5.74, 6) is -1.44. The summed E-state index contributed by atoms with van der Waals surface area (Å²) in [6, 6.07) is 7.15. The fraction of sp³-hybridized carbons (Fsp3) is 0.214. The molecule has 0 N–H and O–H groups in total. The van der Waals surface area contributed by atoms with Crippen molar-refractivity contribution in [1.29, 1.82) is 0 Å². The summed E-state index contributed by atoms with van der Waals surface area (Å²) in [6.45, 7) is 0. The second-order valence-electron chi connectivity index (χ2n) is 7.13. The summed E-state index contributed by atoms with van der Waals surface area (Å²) < 4.78 is 81.4. The minimum absolute atomic E-state index is 0.0791. The van der Waals surface area contributed by atoms with Gasteiger partial charge in [-0.1, -0.05) is 13.7 Å². The van der Waals surface area contributed by atoms with Crippen molar-refractivity contribution in [2.24, 2.45) is 0 Å². The number of aldehydes is 2. The Kier molecular flexibility index (Phi) is 21.6. The van der Waals surface area contributed by atoms with Gasteiger partial charge < -0.3 is 28.4 Å². The zero-order chi connectivity index (χ0) is 34.4. The number of rotatable bonds is 8. The highest BCUT2D eigenvalue weighted by Gasteiger charge is 2.19. The third-order valence-corrected chi connectivity index (χ3v) is 4.95. The van der Waals surface area contributed by atoms with Gasteiger partial charge in [0.25, 0.3) is 0 Å². The van der Waals surface area contributed by atoms with Gasteiger partial charge >= 0.3 is 0 Å². The molecule has 0 fully saturated rings. The lowest BCUT2D eigenvalue weighted by atomic mass is 9.81. The highest BCUT2D eigenvalue weighted by molar-refractivity contribution is 6.76. The number of terminal acetylenes is 1. The molecule has 16 heteroatoms. The van der Waals surface area contributed by atoms with Crippen LogP contribution in [0.4, 0.5) is 17.6 Å². The summed E-state index contributed by atoms with van der Waals surface area (Å²) in [4.78, 5) is 20.8. The van der Waals surface area contributed by atoms with Crippen LogP contribution in [-0.4, -0.2) is 86.2 Å². The maximum absolute atomic E-state index is 13.3. The molecule has 0 atom stereocenters. The molecular weight excluding hydrogens is 584 g/mol. The topological polar surface area (TPSA) is 89.5 Å². The number of hydrogen-bond donors (Lipinski definition) is 0. The summed E-state index contributed by atoms with van der Waals surface area (Å²) in [7, 11) is 21.0. The molecule has 3 aromatic rings. The van der Waals surface area contributed by atoms with Crippen LogP contribution in [0.2, 0.25) is 0 Å². The molecule has 0 aliphatic carbocycles. The van der Waals surface area contributed by atoms with Crippen LogP contribution in [0.15, 0.2) is 30.3 Å². The Morgan fingerprint density at radius 2 is 0.955 bits per heavy atom. The van der Waals surface area contributed by atoms with Crippen LogP contribution >= 0.6 is 0 Å². The molecule has 44 heavy (non-hydrogen) atoms. The van der Waals surface area contributed by atoms with E-state index in [0.717, 1.165) is 18.4 Å². The van der Waals surface area contributed by atoms with Crippen molar-refractivity contribution in [3.63, 3.8) is 0 Å². The molecule has 0 heterocycles. The minimum atomic E-state index is -1.03. The first-order valence-electron chi connectivity index (χ1n) is 11.2. The molecule has 0 spiro atoms. The Bertz CT molecular complexity index is 1310. The maximum atomic E-state index is 13.3. The molecule has 0 saturated carbocycles. The van der Waals surface area contributed by atoms with Crippen LogP contribution in [0.1, 0.15) is 26.3 Å². The molecule has 8 nitrogen and oxygen atoms in total. The normalized spacial score (nSPS) is 8.77. The van der Waals surface area contributed by atoms with E-state index in [4.69, 9.17) is 23.6 Å². The number of halogens is 4. The molecule has 6 radical (unpaired) electrons. The average Bonchev–Trinajstić information content (AvgIpc) is 3.07. The maximum Gasteiger partial charge on any atom is 0.183 e. The van der Waals surface area contributed by atoms with Gasteiger partial charge in [0.1, 0.15) is 23.3 Å². The molecule has 3 aromatic carbocycles. The number of ether oxygens (including phenoxy) is 6. The van der Waals surface area contributed by atoms with Gasteiger partial charge in [-0.25, -0.2) is 17.6 Å². The fourth-order valence-electron chi connectivity index (χ4n) is 2.92. The molecular formula is C28H29B4F4O8-. The van der Waals surface area contributed by atoms with Crippen LogP contribution in [0.3, 0.4) is 0 Å². The summed E-state index contributed by atoms with van der Waals surface area (Å²) in [5.41, 5.74) is -0.631. The molecule has 0 aromatic heterocycles. The Hall–Kier alpha value is -4.66. The Labute approximate surface area is 258 Å². The summed E-state index contributed by atoms with van der Waals surface area (Å²) in [5, 5.41) is 0. The second-order valence-corrected chi connectivity index (χ2v) is 7.13. The van der Waals surface area contributed by atoms with Gasteiger partial charge in [0, 0.05) is 39.2 Å². The number of methoxy groups -OCH3 is 6. The van der Waals surface area contributed by atoms with Gasteiger partial charge in [-0.2, -0.15) is 7.74 Å². The van der Waals surface area contributed by atoms with Crippen molar-refractivity contribution >= 4 is 43.5 Å². The molecule has 0 aliphatic heterocycles. The summed E-state index contributed by atoms with van der Waals surface area (Å²) >= 11 is 0. The van der Waals surface area contributed by atoms with Gasteiger partial charge in [0.15, 0.2) is 52.6 Å². The average molecular weight is 613 g/mol.